The Morgan fingerprint density at radius 3 is 2.57 bits per heavy atom. The Balaban J connectivity index is 3.06. The van der Waals surface area contributed by atoms with E-state index in [2.05, 4.69) is 4.72 Å². The van der Waals surface area contributed by atoms with Crippen molar-refractivity contribution in [1.29, 1.82) is 0 Å². The quantitative estimate of drug-likeness (QED) is 0.785. The van der Waals surface area contributed by atoms with Crippen LogP contribution in [-0.4, -0.2) is 36.9 Å². The van der Waals surface area contributed by atoms with Gasteiger partial charge in [0, 0.05) is 24.7 Å². The van der Waals surface area contributed by atoms with Crippen LogP contribution in [0.1, 0.15) is 19.4 Å². The molecule has 1 rings (SSSR count). The van der Waals surface area contributed by atoms with E-state index in [1.54, 1.807) is 13.8 Å². The maximum atomic E-state index is 13.5. The zero-order valence-corrected chi connectivity index (χ0v) is 12.7. The van der Waals surface area contributed by atoms with Crippen LogP contribution in [0.15, 0.2) is 24.3 Å². The Kier molecular flexibility index (Phi) is 5.45. The van der Waals surface area contributed by atoms with Gasteiger partial charge in [0.05, 0.1) is 5.69 Å². The van der Waals surface area contributed by atoms with Gasteiger partial charge in [0.2, 0.25) is 0 Å². The van der Waals surface area contributed by atoms with E-state index in [1.807, 2.05) is 0 Å². The molecule has 0 unspecified atom stereocenters. The number of hydrogen-bond donors (Lipinski definition) is 2. The van der Waals surface area contributed by atoms with Gasteiger partial charge < -0.3 is 5.11 Å². The molecule has 0 aromatic heterocycles. The monoisotopic (exact) mass is 316 g/mol. The van der Waals surface area contributed by atoms with Crippen LogP contribution < -0.4 is 4.72 Å². The van der Waals surface area contributed by atoms with Crippen LogP contribution in [0, 0.1) is 5.82 Å². The Labute approximate surface area is 123 Å². The summed E-state index contributed by atoms with van der Waals surface area (Å²) in [5.41, 5.74) is 0.124. The van der Waals surface area contributed by atoms with E-state index >= 15 is 0 Å². The first-order valence-electron chi connectivity index (χ1n) is 6.10. The van der Waals surface area contributed by atoms with E-state index in [1.165, 1.54) is 19.2 Å². The first-order valence-corrected chi connectivity index (χ1v) is 7.54. The maximum absolute atomic E-state index is 13.5. The molecule has 1 aromatic carbocycles. The Bertz CT molecular complexity index is 656. The fourth-order valence-corrected chi connectivity index (χ4v) is 2.52. The average molecular weight is 316 g/mol. The SMILES string of the molecule is CC(C)N(C)S(=O)(=O)Nc1ccc(F)c(/C=C/C(=O)O)c1. The number of carbonyl (C=O) groups is 1. The number of nitrogens with one attached hydrogen (secondary N) is 1. The maximum Gasteiger partial charge on any atom is 0.328 e. The lowest BCUT2D eigenvalue weighted by atomic mass is 10.2. The minimum atomic E-state index is -3.75. The summed E-state index contributed by atoms with van der Waals surface area (Å²) in [6, 6.07) is 3.31. The van der Waals surface area contributed by atoms with Crippen molar-refractivity contribution in [3.05, 3.63) is 35.7 Å². The van der Waals surface area contributed by atoms with Gasteiger partial charge in [-0.05, 0) is 38.1 Å². The van der Waals surface area contributed by atoms with Crippen molar-refractivity contribution < 1.29 is 22.7 Å². The van der Waals surface area contributed by atoms with Gasteiger partial charge in [-0.1, -0.05) is 0 Å². The summed E-state index contributed by atoms with van der Waals surface area (Å²) in [5, 5.41) is 8.53. The summed E-state index contributed by atoms with van der Waals surface area (Å²) in [5.74, 6) is -1.87. The molecule has 1 aromatic rings. The molecule has 0 heterocycles. The molecule has 0 aliphatic carbocycles. The number of halogens is 1. The van der Waals surface area contributed by atoms with Gasteiger partial charge in [-0.15, -0.1) is 0 Å². The lowest BCUT2D eigenvalue weighted by molar-refractivity contribution is -0.131. The van der Waals surface area contributed by atoms with Crippen LogP contribution in [0.5, 0.6) is 0 Å². The van der Waals surface area contributed by atoms with Crippen LogP contribution in [0.3, 0.4) is 0 Å². The molecule has 6 nitrogen and oxygen atoms in total. The van der Waals surface area contributed by atoms with E-state index in [-0.39, 0.29) is 17.3 Å². The Morgan fingerprint density at radius 1 is 1.43 bits per heavy atom. The summed E-state index contributed by atoms with van der Waals surface area (Å²) < 4.78 is 41.0. The molecule has 0 fully saturated rings. The van der Waals surface area contributed by atoms with Crippen molar-refractivity contribution in [2.24, 2.45) is 0 Å². The molecule has 2 N–H and O–H groups in total. The molecule has 0 bridgehead atoms. The van der Waals surface area contributed by atoms with Gasteiger partial charge in [0.15, 0.2) is 0 Å². The summed E-state index contributed by atoms with van der Waals surface area (Å²) in [6.07, 6.45) is 1.83. The molecule has 0 radical (unpaired) electrons. The number of hydrogen-bond acceptors (Lipinski definition) is 3. The summed E-state index contributed by atoms with van der Waals surface area (Å²) in [6.45, 7) is 3.43. The largest absolute Gasteiger partial charge is 0.478 e. The first kappa shape index (κ1) is 17.1. The molecule has 0 aliphatic rings. The molecule has 0 saturated carbocycles. The van der Waals surface area contributed by atoms with E-state index in [0.717, 1.165) is 22.5 Å². The minimum absolute atomic E-state index is 0.0233. The van der Waals surface area contributed by atoms with Gasteiger partial charge in [-0.25, -0.2) is 9.18 Å². The lowest BCUT2D eigenvalue weighted by Crippen LogP contribution is -2.37. The number of nitrogens with zero attached hydrogens (tertiary/aromatic N) is 1. The lowest BCUT2D eigenvalue weighted by Gasteiger charge is -2.21. The summed E-state index contributed by atoms with van der Waals surface area (Å²) >= 11 is 0. The van der Waals surface area contributed by atoms with E-state index in [9.17, 15) is 17.6 Å². The second kappa shape index (κ2) is 6.68. The molecule has 0 spiro atoms. The molecule has 0 saturated heterocycles. The number of carboxylic acid groups (broad SMARTS) is 1. The van der Waals surface area contributed by atoms with Crippen molar-refractivity contribution in [3.8, 4) is 0 Å². The highest BCUT2D eigenvalue weighted by molar-refractivity contribution is 7.90. The molecule has 21 heavy (non-hydrogen) atoms. The number of aliphatic carboxylic acids is 1. The molecule has 8 heteroatoms. The van der Waals surface area contributed by atoms with Gasteiger partial charge in [-0.2, -0.15) is 12.7 Å². The van der Waals surface area contributed by atoms with Gasteiger partial charge in [0.1, 0.15) is 5.82 Å². The standard InChI is InChI=1S/C13H17FN2O4S/c1-9(2)16(3)21(19,20)15-11-5-6-12(14)10(8-11)4-7-13(17)18/h4-9,15H,1-3H3,(H,17,18)/b7-4+. The third kappa shape index (κ3) is 4.83. The second-order valence-corrected chi connectivity index (χ2v) is 6.36. The molecule has 0 amide bonds. The summed E-state index contributed by atoms with van der Waals surface area (Å²) in [4.78, 5) is 10.4. The van der Waals surface area contributed by atoms with Crippen LogP contribution in [0.25, 0.3) is 6.08 Å². The molecular weight excluding hydrogens is 299 g/mol. The normalized spacial score (nSPS) is 12.3. The highest BCUT2D eigenvalue weighted by atomic mass is 32.2. The van der Waals surface area contributed by atoms with Crippen LogP contribution in [-0.2, 0) is 15.0 Å². The zero-order valence-electron chi connectivity index (χ0n) is 11.9. The Hall–Kier alpha value is -1.93. The van der Waals surface area contributed by atoms with Crippen LogP contribution in [0.4, 0.5) is 10.1 Å². The minimum Gasteiger partial charge on any atom is -0.478 e. The van der Waals surface area contributed by atoms with Crippen molar-refractivity contribution in [2.45, 2.75) is 19.9 Å². The fourth-order valence-electron chi connectivity index (χ4n) is 1.39. The third-order valence-electron chi connectivity index (χ3n) is 2.75. The van der Waals surface area contributed by atoms with Crippen LogP contribution >= 0.6 is 0 Å². The number of anilines is 1. The van der Waals surface area contributed by atoms with E-state index in [4.69, 9.17) is 5.11 Å². The number of benzene rings is 1. The molecular formula is C13H17FN2O4S. The number of rotatable bonds is 6. The first-order chi connectivity index (χ1) is 9.63. The molecule has 0 atom stereocenters. The second-order valence-electron chi connectivity index (χ2n) is 4.62. The third-order valence-corrected chi connectivity index (χ3v) is 4.43. The summed E-state index contributed by atoms with van der Waals surface area (Å²) in [7, 11) is -2.33. The smallest absolute Gasteiger partial charge is 0.328 e. The Morgan fingerprint density at radius 2 is 2.05 bits per heavy atom. The van der Waals surface area contributed by atoms with E-state index < -0.39 is 22.0 Å². The van der Waals surface area contributed by atoms with Crippen LogP contribution in [0.2, 0.25) is 0 Å². The topological polar surface area (TPSA) is 86.7 Å². The fraction of sp³-hybridized carbons (Fsp3) is 0.308. The van der Waals surface area contributed by atoms with Gasteiger partial charge >= 0.3 is 16.2 Å². The van der Waals surface area contributed by atoms with Gasteiger partial charge in [-0.3, -0.25) is 4.72 Å². The molecule has 116 valence electrons. The highest BCUT2D eigenvalue weighted by Crippen LogP contribution is 2.18. The van der Waals surface area contributed by atoms with E-state index in [0.29, 0.717) is 0 Å². The predicted molar refractivity (Wildman–Crippen MR) is 78.5 cm³/mol. The number of carboxylic acids is 1. The highest BCUT2D eigenvalue weighted by Gasteiger charge is 2.20. The predicted octanol–water partition coefficient (Wildman–Crippen LogP) is 1.92. The van der Waals surface area contributed by atoms with Crippen molar-refractivity contribution in [3.63, 3.8) is 0 Å². The van der Waals surface area contributed by atoms with Gasteiger partial charge in [0.25, 0.3) is 0 Å². The van der Waals surface area contributed by atoms with Crippen molar-refractivity contribution >= 4 is 27.9 Å². The zero-order chi connectivity index (χ0) is 16.2. The van der Waals surface area contributed by atoms with Crippen molar-refractivity contribution in [1.82, 2.24) is 4.31 Å². The molecule has 0 aliphatic heterocycles. The average Bonchev–Trinajstić information content (AvgIpc) is 2.37. The van der Waals surface area contributed by atoms with Crippen molar-refractivity contribution in [2.75, 3.05) is 11.8 Å².